The SMILES string of the molecule is CCC(=O)N1C(=O)C2CC=C(C)CC2C1=O. The quantitative estimate of drug-likeness (QED) is 0.495. The second-order valence-corrected chi connectivity index (χ2v) is 4.46. The molecule has 4 heteroatoms. The molecule has 0 aromatic carbocycles. The van der Waals surface area contributed by atoms with Gasteiger partial charge in [-0.15, -0.1) is 0 Å². The molecule has 1 fully saturated rings. The Labute approximate surface area is 94.3 Å². The van der Waals surface area contributed by atoms with E-state index in [0.29, 0.717) is 12.8 Å². The first-order chi connectivity index (χ1) is 7.56. The van der Waals surface area contributed by atoms with Crippen LogP contribution in [0.3, 0.4) is 0 Å². The van der Waals surface area contributed by atoms with E-state index in [9.17, 15) is 14.4 Å². The lowest BCUT2D eigenvalue weighted by atomic mass is 9.82. The molecule has 1 saturated heterocycles. The van der Waals surface area contributed by atoms with Crippen molar-refractivity contribution in [2.24, 2.45) is 11.8 Å². The molecule has 0 spiro atoms. The Kier molecular flexibility index (Phi) is 2.66. The molecule has 1 aliphatic heterocycles. The zero-order chi connectivity index (χ0) is 11.9. The lowest BCUT2D eigenvalue weighted by Gasteiger charge is -2.18. The molecule has 4 nitrogen and oxygen atoms in total. The number of hydrogen-bond donors (Lipinski definition) is 0. The standard InChI is InChI=1S/C12H15NO3/c1-3-10(14)13-11(15)8-5-4-7(2)6-9(8)12(13)16/h4,8-9H,3,5-6H2,1-2H3. The van der Waals surface area contributed by atoms with E-state index in [1.165, 1.54) is 0 Å². The molecule has 0 saturated carbocycles. The molecule has 16 heavy (non-hydrogen) atoms. The molecular weight excluding hydrogens is 206 g/mol. The Morgan fingerprint density at radius 1 is 1.38 bits per heavy atom. The number of rotatable bonds is 1. The minimum Gasteiger partial charge on any atom is -0.274 e. The number of nitrogens with zero attached hydrogens (tertiary/aromatic N) is 1. The lowest BCUT2D eigenvalue weighted by molar-refractivity contribution is -0.150. The summed E-state index contributed by atoms with van der Waals surface area (Å²) in [4.78, 5) is 36.3. The first-order valence-electron chi connectivity index (χ1n) is 5.62. The number of likely N-dealkylation sites (tertiary alicyclic amines) is 1. The summed E-state index contributed by atoms with van der Waals surface area (Å²) in [7, 11) is 0. The van der Waals surface area contributed by atoms with E-state index >= 15 is 0 Å². The van der Waals surface area contributed by atoms with Gasteiger partial charge in [-0.3, -0.25) is 14.4 Å². The van der Waals surface area contributed by atoms with Crippen LogP contribution in [0.25, 0.3) is 0 Å². The van der Waals surface area contributed by atoms with E-state index in [-0.39, 0.29) is 36.0 Å². The van der Waals surface area contributed by atoms with E-state index < -0.39 is 0 Å². The topological polar surface area (TPSA) is 54.5 Å². The summed E-state index contributed by atoms with van der Waals surface area (Å²) in [6, 6.07) is 0. The van der Waals surface area contributed by atoms with Crippen LogP contribution in [0.5, 0.6) is 0 Å². The van der Waals surface area contributed by atoms with Gasteiger partial charge in [0.15, 0.2) is 0 Å². The molecule has 0 radical (unpaired) electrons. The Bertz CT molecular complexity index is 397. The average molecular weight is 221 g/mol. The number of fused-ring (bicyclic) bond motifs is 1. The predicted molar refractivity (Wildman–Crippen MR) is 57.1 cm³/mol. The summed E-state index contributed by atoms with van der Waals surface area (Å²) in [5.41, 5.74) is 1.13. The Morgan fingerprint density at radius 2 is 2.00 bits per heavy atom. The van der Waals surface area contributed by atoms with Crippen molar-refractivity contribution in [1.29, 1.82) is 0 Å². The molecule has 3 amide bonds. The largest absolute Gasteiger partial charge is 0.274 e. The first-order valence-corrected chi connectivity index (χ1v) is 5.62. The molecular formula is C12H15NO3. The minimum absolute atomic E-state index is 0.198. The summed E-state index contributed by atoms with van der Waals surface area (Å²) in [6.07, 6.45) is 3.40. The third kappa shape index (κ3) is 1.49. The van der Waals surface area contributed by atoms with Crippen molar-refractivity contribution in [2.75, 3.05) is 0 Å². The third-order valence-corrected chi connectivity index (χ3v) is 3.37. The molecule has 2 atom stereocenters. The fraction of sp³-hybridized carbons (Fsp3) is 0.583. The van der Waals surface area contributed by atoms with Gasteiger partial charge in [-0.05, 0) is 19.8 Å². The smallest absolute Gasteiger partial charge is 0.240 e. The highest BCUT2D eigenvalue weighted by molar-refractivity contribution is 6.17. The fourth-order valence-electron chi connectivity index (χ4n) is 2.44. The van der Waals surface area contributed by atoms with Crippen molar-refractivity contribution in [2.45, 2.75) is 33.1 Å². The maximum atomic E-state index is 12.0. The third-order valence-electron chi connectivity index (χ3n) is 3.37. The summed E-state index contributed by atoms with van der Waals surface area (Å²) >= 11 is 0. The number of imide groups is 3. The zero-order valence-corrected chi connectivity index (χ0v) is 9.53. The van der Waals surface area contributed by atoms with Crippen LogP contribution in [0.15, 0.2) is 11.6 Å². The van der Waals surface area contributed by atoms with Crippen molar-refractivity contribution in [3.05, 3.63) is 11.6 Å². The predicted octanol–water partition coefficient (Wildman–Crippen LogP) is 1.26. The van der Waals surface area contributed by atoms with Gasteiger partial charge in [-0.1, -0.05) is 18.6 Å². The van der Waals surface area contributed by atoms with Crippen LogP contribution in [-0.4, -0.2) is 22.6 Å². The van der Waals surface area contributed by atoms with Gasteiger partial charge < -0.3 is 0 Å². The summed E-state index contributed by atoms with van der Waals surface area (Å²) in [5, 5.41) is 0. The van der Waals surface area contributed by atoms with E-state index in [1.807, 2.05) is 13.0 Å². The monoisotopic (exact) mass is 221 g/mol. The van der Waals surface area contributed by atoms with Gasteiger partial charge in [0.25, 0.3) is 0 Å². The number of amides is 3. The lowest BCUT2D eigenvalue weighted by Crippen LogP contribution is -2.36. The molecule has 2 unspecified atom stereocenters. The summed E-state index contributed by atoms with van der Waals surface area (Å²) < 4.78 is 0. The second-order valence-electron chi connectivity index (χ2n) is 4.46. The van der Waals surface area contributed by atoms with E-state index in [1.54, 1.807) is 6.92 Å². The summed E-state index contributed by atoms with van der Waals surface area (Å²) in [5.74, 6) is -1.57. The van der Waals surface area contributed by atoms with Crippen molar-refractivity contribution in [3.8, 4) is 0 Å². The van der Waals surface area contributed by atoms with Crippen LogP contribution in [0.2, 0.25) is 0 Å². The van der Waals surface area contributed by atoms with Gasteiger partial charge in [-0.25, -0.2) is 4.90 Å². The Balaban J connectivity index is 2.28. The number of carbonyl (C=O) groups excluding carboxylic acids is 3. The molecule has 2 aliphatic rings. The van der Waals surface area contributed by atoms with E-state index in [4.69, 9.17) is 0 Å². The zero-order valence-electron chi connectivity index (χ0n) is 9.53. The molecule has 0 bridgehead atoms. The number of carbonyl (C=O) groups is 3. The van der Waals surface area contributed by atoms with E-state index in [0.717, 1.165) is 10.5 Å². The number of allylic oxidation sites excluding steroid dienone is 2. The van der Waals surface area contributed by atoms with Gasteiger partial charge in [0.2, 0.25) is 17.7 Å². The van der Waals surface area contributed by atoms with Crippen molar-refractivity contribution in [3.63, 3.8) is 0 Å². The van der Waals surface area contributed by atoms with Gasteiger partial charge in [0, 0.05) is 6.42 Å². The highest BCUT2D eigenvalue weighted by Crippen LogP contribution is 2.37. The highest BCUT2D eigenvalue weighted by Gasteiger charge is 2.50. The van der Waals surface area contributed by atoms with Crippen LogP contribution in [-0.2, 0) is 14.4 Å². The van der Waals surface area contributed by atoms with Gasteiger partial charge in [-0.2, -0.15) is 0 Å². The average Bonchev–Trinajstić information content (AvgIpc) is 2.51. The Morgan fingerprint density at radius 3 is 2.62 bits per heavy atom. The highest BCUT2D eigenvalue weighted by atomic mass is 16.2. The van der Waals surface area contributed by atoms with Crippen molar-refractivity contribution < 1.29 is 14.4 Å². The second kappa shape index (κ2) is 3.85. The van der Waals surface area contributed by atoms with Crippen LogP contribution in [0.4, 0.5) is 0 Å². The van der Waals surface area contributed by atoms with Crippen LogP contribution in [0, 0.1) is 11.8 Å². The van der Waals surface area contributed by atoms with Gasteiger partial charge in [0.05, 0.1) is 11.8 Å². The minimum atomic E-state index is -0.373. The molecule has 86 valence electrons. The maximum absolute atomic E-state index is 12.0. The van der Waals surface area contributed by atoms with Gasteiger partial charge >= 0.3 is 0 Å². The summed E-state index contributed by atoms with van der Waals surface area (Å²) in [6.45, 7) is 3.62. The van der Waals surface area contributed by atoms with Crippen molar-refractivity contribution in [1.82, 2.24) is 4.90 Å². The first kappa shape index (κ1) is 11.0. The maximum Gasteiger partial charge on any atom is 0.240 e. The van der Waals surface area contributed by atoms with Crippen molar-refractivity contribution >= 4 is 17.7 Å². The normalized spacial score (nSPS) is 29.1. The van der Waals surface area contributed by atoms with E-state index in [2.05, 4.69) is 0 Å². The van der Waals surface area contributed by atoms with Crippen LogP contribution in [0.1, 0.15) is 33.1 Å². The van der Waals surface area contributed by atoms with Gasteiger partial charge in [0.1, 0.15) is 0 Å². The van der Waals surface area contributed by atoms with Crippen LogP contribution < -0.4 is 0 Å². The molecule has 1 aliphatic carbocycles. The molecule has 2 rings (SSSR count). The molecule has 0 aromatic rings. The Hall–Kier alpha value is -1.45. The van der Waals surface area contributed by atoms with Crippen LogP contribution >= 0.6 is 0 Å². The molecule has 0 N–H and O–H groups in total. The molecule has 1 heterocycles. The number of hydrogen-bond acceptors (Lipinski definition) is 3. The molecule has 0 aromatic heterocycles. The fourth-order valence-corrected chi connectivity index (χ4v) is 2.44.